The van der Waals surface area contributed by atoms with Crippen LogP contribution in [-0.4, -0.2) is 108 Å². The minimum Gasteiger partial charge on any atom is -0.493 e. The van der Waals surface area contributed by atoms with Crippen LogP contribution in [0.4, 0.5) is 30.4 Å². The molecule has 348 valence electrons. The van der Waals surface area contributed by atoms with Crippen molar-refractivity contribution >= 4 is 57.6 Å². The third-order valence-electron chi connectivity index (χ3n) is 13.9. The van der Waals surface area contributed by atoms with Gasteiger partial charge < -0.3 is 30.7 Å². The number of nitrogens with two attached hydrogens (primary N) is 1. The predicted molar refractivity (Wildman–Crippen MR) is 237 cm³/mol. The number of hydrogen-bond donors (Lipinski definition) is 4. The summed E-state index contributed by atoms with van der Waals surface area (Å²) in [5, 5.41) is 8.95. The first-order valence-corrected chi connectivity index (χ1v) is 22.3. The Morgan fingerprint density at radius 1 is 1.03 bits per heavy atom. The van der Waals surface area contributed by atoms with Crippen molar-refractivity contribution < 1.29 is 46.6 Å². The molecule has 0 spiro atoms. The summed E-state index contributed by atoms with van der Waals surface area (Å²) >= 11 is 0. The number of alkyl halides is 3. The van der Waals surface area contributed by atoms with E-state index in [2.05, 4.69) is 35.7 Å². The van der Waals surface area contributed by atoms with Gasteiger partial charge in [-0.1, -0.05) is 6.07 Å². The highest BCUT2D eigenvalue weighted by atomic mass is 19.4. The number of ether oxygens (including phenoxy) is 2. The average Bonchev–Trinajstić information content (AvgIpc) is 3.98. The number of hydrogen-bond acceptors (Lipinski definition) is 13. The smallest absolute Gasteiger partial charge is 0.416 e. The molecule has 1 saturated carbocycles. The van der Waals surface area contributed by atoms with E-state index < -0.39 is 47.5 Å². The van der Waals surface area contributed by atoms with Gasteiger partial charge in [-0.05, 0) is 101 Å². The summed E-state index contributed by atoms with van der Waals surface area (Å²) in [7, 11) is 3.20. The maximum Gasteiger partial charge on any atom is 0.416 e. The van der Waals surface area contributed by atoms with Crippen LogP contribution in [0.3, 0.4) is 0 Å². The number of anilines is 3. The number of nitrogen functional groups attached to an aromatic ring is 1. The largest absolute Gasteiger partial charge is 0.493 e. The summed E-state index contributed by atoms with van der Waals surface area (Å²) in [6.07, 6.45) is -0.502. The maximum atomic E-state index is 13.9. The van der Waals surface area contributed by atoms with Gasteiger partial charge in [0.1, 0.15) is 17.7 Å². The quantitative estimate of drug-likeness (QED) is 0.0985. The van der Waals surface area contributed by atoms with E-state index >= 15 is 0 Å². The van der Waals surface area contributed by atoms with Gasteiger partial charge in [0.05, 0.1) is 47.7 Å². The lowest BCUT2D eigenvalue weighted by Crippen LogP contribution is -2.64. The third kappa shape index (κ3) is 8.44. The van der Waals surface area contributed by atoms with E-state index in [4.69, 9.17) is 15.2 Å². The van der Waals surface area contributed by atoms with Crippen LogP contribution in [-0.2, 0) is 20.6 Å². The number of likely N-dealkylation sites (tertiary alicyclic amines) is 1. The Labute approximate surface area is 378 Å². The highest BCUT2D eigenvalue weighted by molar-refractivity contribution is 6.25. The van der Waals surface area contributed by atoms with Gasteiger partial charge in [0.15, 0.2) is 11.5 Å². The second kappa shape index (κ2) is 17.1. The van der Waals surface area contributed by atoms with Gasteiger partial charge in [0.2, 0.25) is 17.7 Å². The summed E-state index contributed by atoms with van der Waals surface area (Å²) in [5.41, 5.74) is 6.87. The van der Waals surface area contributed by atoms with Crippen LogP contribution in [0.5, 0.6) is 11.5 Å². The number of nitrogens with zero attached hydrogens (tertiary/aromatic N) is 5. The van der Waals surface area contributed by atoms with E-state index in [1.807, 2.05) is 6.07 Å². The van der Waals surface area contributed by atoms with Gasteiger partial charge >= 0.3 is 6.18 Å². The van der Waals surface area contributed by atoms with Gasteiger partial charge in [-0.3, -0.25) is 39.1 Å². The zero-order valence-electron chi connectivity index (χ0n) is 37.1. The zero-order valence-corrected chi connectivity index (χ0v) is 37.1. The SMILES string of the molecule is CNC(=O)C1CCN(C2CN(c3cccc4c3C(=O)N(C3CCC(=O)NC3=O)C4=O)C2)C(CC2(COc3cc4c(NC(C)c5cc(N)cc(C(F)(F)F)c5)nc(C)nc4cc3OC)CC2)C1. The number of amides is 5. The standard InChI is InChI=1S/C47H52F3N9O7/c1-24(27-14-28(47(48,49)50)17-29(51)15-27)53-41-33-18-38(37(65-4)19-34(33)54-25(2)55-41)66-23-46(11-12-46)20-30-16-26(42(61)52-3)10-13-58(30)31-21-57(22-31)35-7-5-6-32-40(35)45(64)59(44(32)63)36-8-9-39(60)56-43(36)62/h5-7,14-15,17-19,24,26,30-31,36H,8-13,16,20-23,51H2,1-4H3,(H,52,61)(H,53,54,55)(H,56,60,62). The van der Waals surface area contributed by atoms with Crippen LogP contribution in [0.1, 0.15) is 95.6 Å². The number of methoxy groups -OCH3 is 1. The van der Waals surface area contributed by atoms with Gasteiger partial charge in [0.25, 0.3) is 11.8 Å². The minimum atomic E-state index is -4.56. The molecule has 16 nitrogen and oxygen atoms in total. The highest BCUT2D eigenvalue weighted by Crippen LogP contribution is 2.53. The molecule has 5 N–H and O–H groups in total. The predicted octanol–water partition coefficient (Wildman–Crippen LogP) is 5.39. The fourth-order valence-electron chi connectivity index (χ4n) is 10.1. The Morgan fingerprint density at radius 3 is 2.50 bits per heavy atom. The molecule has 4 aromatic rings. The number of aromatic nitrogens is 2. The van der Waals surface area contributed by atoms with E-state index in [1.165, 1.54) is 6.07 Å². The number of fused-ring (bicyclic) bond motifs is 2. The van der Waals surface area contributed by atoms with Crippen LogP contribution in [0.25, 0.3) is 10.9 Å². The molecule has 0 bridgehead atoms. The Morgan fingerprint density at radius 2 is 1.80 bits per heavy atom. The van der Waals surface area contributed by atoms with Crippen LogP contribution < -0.4 is 36.1 Å². The Balaban J connectivity index is 0.912. The molecule has 9 rings (SSSR count). The van der Waals surface area contributed by atoms with Crippen LogP contribution in [0.15, 0.2) is 48.5 Å². The molecular weight excluding hydrogens is 860 g/mol. The van der Waals surface area contributed by atoms with Crippen LogP contribution >= 0.6 is 0 Å². The third-order valence-corrected chi connectivity index (χ3v) is 13.9. The summed E-state index contributed by atoms with van der Waals surface area (Å²) in [4.78, 5) is 79.8. The minimum absolute atomic E-state index is 0.00474. The number of carbonyl (C=O) groups is 5. The molecule has 4 unspecified atom stereocenters. The lowest BCUT2D eigenvalue weighted by Gasteiger charge is -2.52. The normalized spacial score (nSPS) is 22.4. The van der Waals surface area contributed by atoms with Crippen molar-refractivity contribution in [2.45, 2.75) is 89.1 Å². The number of rotatable bonds is 13. The van der Waals surface area contributed by atoms with Gasteiger partial charge in [-0.2, -0.15) is 13.2 Å². The molecule has 5 amide bonds. The molecule has 0 radical (unpaired) electrons. The summed E-state index contributed by atoms with van der Waals surface area (Å²) < 4.78 is 53.4. The monoisotopic (exact) mass is 911 g/mol. The number of imide groups is 2. The lowest BCUT2D eigenvalue weighted by molar-refractivity contribution is -0.138. The van der Waals surface area contributed by atoms with E-state index in [-0.39, 0.29) is 59.0 Å². The molecule has 4 aliphatic heterocycles. The van der Waals surface area contributed by atoms with Crippen molar-refractivity contribution in [3.63, 3.8) is 0 Å². The molecule has 3 aromatic carbocycles. The van der Waals surface area contributed by atoms with Crippen molar-refractivity contribution in [1.82, 2.24) is 30.4 Å². The molecule has 1 aromatic heterocycles. The second-order valence-corrected chi connectivity index (χ2v) is 18.3. The molecule has 3 saturated heterocycles. The van der Waals surface area contributed by atoms with E-state index in [0.29, 0.717) is 84.4 Å². The number of halogens is 3. The van der Waals surface area contributed by atoms with E-state index in [9.17, 15) is 37.1 Å². The Bertz CT molecular complexity index is 2650. The number of benzene rings is 3. The summed E-state index contributed by atoms with van der Waals surface area (Å²) in [6.45, 7) is 5.71. The fourth-order valence-corrected chi connectivity index (χ4v) is 10.1. The van der Waals surface area contributed by atoms with Crippen molar-refractivity contribution in [1.29, 1.82) is 0 Å². The molecule has 66 heavy (non-hydrogen) atoms. The van der Waals surface area contributed by atoms with E-state index in [0.717, 1.165) is 36.3 Å². The molecule has 5 heterocycles. The highest BCUT2D eigenvalue weighted by Gasteiger charge is 2.51. The first kappa shape index (κ1) is 44.7. The fraction of sp³-hybridized carbons (Fsp3) is 0.468. The zero-order chi connectivity index (χ0) is 46.8. The molecular formula is C47H52F3N9O7. The second-order valence-electron chi connectivity index (χ2n) is 18.3. The van der Waals surface area contributed by atoms with E-state index in [1.54, 1.807) is 52.3 Å². The molecule has 4 fully saturated rings. The number of nitrogens with one attached hydrogen (secondary N) is 3. The van der Waals surface area contributed by atoms with Crippen molar-refractivity contribution in [3.8, 4) is 11.5 Å². The van der Waals surface area contributed by atoms with Gasteiger partial charge in [0, 0.05) is 67.1 Å². The average molecular weight is 912 g/mol. The maximum absolute atomic E-state index is 13.9. The van der Waals surface area contributed by atoms with Crippen LogP contribution in [0.2, 0.25) is 0 Å². The number of piperidine rings is 2. The van der Waals surface area contributed by atoms with Crippen molar-refractivity contribution in [2.24, 2.45) is 11.3 Å². The lowest BCUT2D eigenvalue weighted by atomic mass is 9.82. The van der Waals surface area contributed by atoms with Crippen LogP contribution in [0, 0.1) is 18.3 Å². The summed E-state index contributed by atoms with van der Waals surface area (Å²) in [6, 6.07) is 10.7. The molecule has 4 atom stereocenters. The topological polar surface area (TPSA) is 201 Å². The molecule has 1 aliphatic carbocycles. The number of aryl methyl sites for hydroxylation is 1. The van der Waals surface area contributed by atoms with Crippen molar-refractivity contribution in [3.05, 3.63) is 76.6 Å². The van der Waals surface area contributed by atoms with Crippen molar-refractivity contribution in [2.75, 3.05) is 56.3 Å². The Kier molecular flexibility index (Phi) is 11.5. The molecule has 5 aliphatic rings. The van der Waals surface area contributed by atoms with Gasteiger partial charge in [-0.15, -0.1) is 0 Å². The van der Waals surface area contributed by atoms with Gasteiger partial charge in [-0.25, -0.2) is 9.97 Å². The Hall–Kier alpha value is -6.50. The number of carbonyl (C=O) groups excluding carboxylic acids is 5. The summed E-state index contributed by atoms with van der Waals surface area (Å²) in [5.74, 6) is -0.560. The first-order chi connectivity index (χ1) is 31.4. The molecule has 19 heteroatoms. The first-order valence-electron chi connectivity index (χ1n) is 22.3.